The number of nitrogens with two attached hydrogens (primary N) is 1. The van der Waals surface area contributed by atoms with E-state index < -0.39 is 24.6 Å². The van der Waals surface area contributed by atoms with Crippen molar-refractivity contribution >= 4 is 5.84 Å². The summed E-state index contributed by atoms with van der Waals surface area (Å²) in [5, 5.41) is 20.6. The first-order valence-electron chi connectivity index (χ1n) is 5.26. The van der Waals surface area contributed by atoms with Crippen LogP contribution in [0.5, 0.6) is 0 Å². The molecule has 9 heteroatoms. The smallest absolute Gasteiger partial charge is 0.215 e. The van der Waals surface area contributed by atoms with E-state index in [-0.39, 0.29) is 18.3 Å². The van der Waals surface area contributed by atoms with E-state index in [1.54, 1.807) is 0 Å². The Balaban J connectivity index is 2.15. The third-order valence-electron chi connectivity index (χ3n) is 2.63. The van der Waals surface area contributed by atoms with Gasteiger partial charge in [-0.1, -0.05) is 0 Å². The lowest BCUT2D eigenvalue weighted by Gasteiger charge is -2.12. The second-order valence-electron chi connectivity index (χ2n) is 3.92. The first kappa shape index (κ1) is 12.9. The van der Waals surface area contributed by atoms with Gasteiger partial charge in [0.1, 0.15) is 18.5 Å². The minimum Gasteiger partial charge on any atom is -0.387 e. The van der Waals surface area contributed by atoms with Crippen molar-refractivity contribution in [3.8, 4) is 0 Å². The quantitative estimate of drug-likeness (QED) is 0.462. The number of rotatable bonds is 4. The van der Waals surface area contributed by atoms with E-state index in [2.05, 4.69) is 10.1 Å². The normalized spacial score (nSPS) is 31.7. The van der Waals surface area contributed by atoms with E-state index in [1.165, 1.54) is 13.4 Å². The first-order valence-corrected chi connectivity index (χ1v) is 5.26. The van der Waals surface area contributed by atoms with Gasteiger partial charge < -0.3 is 20.3 Å². The van der Waals surface area contributed by atoms with Crippen molar-refractivity contribution in [2.45, 2.75) is 24.6 Å². The van der Waals surface area contributed by atoms with Crippen LogP contribution in [0.2, 0.25) is 0 Å². The Labute approximate surface area is 102 Å². The number of halogens is 1. The number of hydrogen-bond donors (Lipinski definition) is 3. The van der Waals surface area contributed by atoms with Gasteiger partial charge in [-0.15, -0.1) is 5.10 Å². The van der Waals surface area contributed by atoms with E-state index in [1.807, 2.05) is 0 Å². The van der Waals surface area contributed by atoms with Crippen molar-refractivity contribution in [2.24, 2.45) is 5.73 Å². The fraction of sp³-hybridized carbons (Fsp3) is 0.667. The molecule has 100 valence electrons. The third-order valence-corrected chi connectivity index (χ3v) is 2.63. The summed E-state index contributed by atoms with van der Waals surface area (Å²) in [4.78, 5) is 3.73. The molecule has 1 aromatic heterocycles. The number of aromatic nitrogens is 3. The molecule has 0 aromatic carbocycles. The van der Waals surface area contributed by atoms with Crippen LogP contribution < -0.4 is 5.73 Å². The van der Waals surface area contributed by atoms with Crippen LogP contribution in [0.1, 0.15) is 12.1 Å². The van der Waals surface area contributed by atoms with Gasteiger partial charge in [0, 0.05) is 7.11 Å². The Morgan fingerprint density at radius 2 is 2.50 bits per heavy atom. The molecule has 1 aromatic rings. The number of hydrogen-bond acceptors (Lipinski definition) is 6. The maximum absolute atomic E-state index is 13.8. The van der Waals surface area contributed by atoms with Crippen LogP contribution >= 0.6 is 0 Å². The highest BCUT2D eigenvalue weighted by atomic mass is 19.1. The molecule has 1 aliphatic heterocycles. The molecule has 0 bridgehead atoms. The molecule has 1 fully saturated rings. The molecule has 1 saturated heterocycles. The number of aliphatic hydroxyl groups is 1. The molecule has 1 aliphatic rings. The molecule has 18 heavy (non-hydrogen) atoms. The lowest BCUT2D eigenvalue weighted by Crippen LogP contribution is -2.31. The molecule has 4 unspecified atom stereocenters. The predicted molar refractivity (Wildman–Crippen MR) is 57.7 cm³/mol. The Morgan fingerprint density at radius 1 is 1.78 bits per heavy atom. The van der Waals surface area contributed by atoms with E-state index in [9.17, 15) is 9.50 Å². The summed E-state index contributed by atoms with van der Waals surface area (Å²) in [7, 11) is 1.43. The predicted octanol–water partition coefficient (Wildman–Crippen LogP) is -1.20. The Bertz CT molecular complexity index is 440. The van der Waals surface area contributed by atoms with E-state index in [0.29, 0.717) is 0 Å². The van der Waals surface area contributed by atoms with E-state index >= 15 is 0 Å². The lowest BCUT2D eigenvalue weighted by molar-refractivity contribution is -0.0599. The Kier molecular flexibility index (Phi) is 3.55. The summed E-state index contributed by atoms with van der Waals surface area (Å²) < 4.78 is 25.1. The number of nitrogens with zero attached hydrogens (tertiary/aromatic N) is 3. The molecular weight excluding hydrogens is 245 g/mol. The molecule has 0 amide bonds. The molecule has 4 atom stereocenters. The summed E-state index contributed by atoms with van der Waals surface area (Å²) in [6.07, 6.45) is -3.59. The average molecular weight is 259 g/mol. The van der Waals surface area contributed by atoms with Crippen LogP contribution in [-0.4, -0.2) is 57.8 Å². The van der Waals surface area contributed by atoms with E-state index in [4.69, 9.17) is 20.6 Å². The minimum atomic E-state index is -1.65. The monoisotopic (exact) mass is 259 g/mol. The van der Waals surface area contributed by atoms with Crippen LogP contribution in [-0.2, 0) is 9.47 Å². The van der Waals surface area contributed by atoms with Gasteiger partial charge in [0.05, 0.1) is 6.61 Å². The van der Waals surface area contributed by atoms with Crippen LogP contribution in [0.15, 0.2) is 6.33 Å². The van der Waals surface area contributed by atoms with Crippen molar-refractivity contribution in [3.05, 3.63) is 12.2 Å². The molecule has 2 heterocycles. The summed E-state index contributed by atoms with van der Waals surface area (Å²) >= 11 is 0. The summed E-state index contributed by atoms with van der Waals surface area (Å²) in [5.41, 5.74) is 5.20. The molecule has 0 saturated carbocycles. The number of nitrogens with one attached hydrogen (secondary N) is 1. The van der Waals surface area contributed by atoms with Crippen molar-refractivity contribution in [2.75, 3.05) is 13.7 Å². The second-order valence-corrected chi connectivity index (χ2v) is 3.92. The largest absolute Gasteiger partial charge is 0.387 e. The standard InChI is InChI=1S/C9H14FN5O3/c1-17-2-4-6(16)5(10)9(18-4)15-3-13-8(14-15)7(11)12/h3-6,9,16H,2H2,1H3,(H3,11,12). The van der Waals surface area contributed by atoms with Crippen molar-refractivity contribution in [1.29, 1.82) is 5.41 Å². The number of amidine groups is 1. The number of ether oxygens (including phenoxy) is 2. The summed E-state index contributed by atoms with van der Waals surface area (Å²) in [6.45, 7) is 0.0757. The summed E-state index contributed by atoms with van der Waals surface area (Å²) in [6, 6.07) is 0. The van der Waals surface area contributed by atoms with Gasteiger partial charge in [-0.3, -0.25) is 5.41 Å². The lowest BCUT2D eigenvalue weighted by atomic mass is 10.1. The highest BCUT2D eigenvalue weighted by Gasteiger charge is 2.45. The number of alkyl halides is 1. The average Bonchev–Trinajstić information content (AvgIpc) is 2.90. The fourth-order valence-electron chi connectivity index (χ4n) is 1.74. The first-order chi connectivity index (χ1) is 8.54. The Morgan fingerprint density at radius 3 is 3.06 bits per heavy atom. The number of aliphatic hydroxyl groups excluding tert-OH is 1. The van der Waals surface area contributed by atoms with Gasteiger partial charge in [-0.25, -0.2) is 14.1 Å². The summed E-state index contributed by atoms with van der Waals surface area (Å²) in [5.74, 6) is -0.341. The van der Waals surface area contributed by atoms with E-state index in [0.717, 1.165) is 4.68 Å². The third kappa shape index (κ3) is 2.19. The molecule has 0 radical (unpaired) electrons. The molecule has 2 rings (SSSR count). The highest BCUT2D eigenvalue weighted by molar-refractivity contribution is 5.90. The van der Waals surface area contributed by atoms with Crippen molar-refractivity contribution < 1.29 is 19.0 Å². The van der Waals surface area contributed by atoms with Gasteiger partial charge in [0.25, 0.3) is 0 Å². The second kappa shape index (κ2) is 4.96. The van der Waals surface area contributed by atoms with Gasteiger partial charge >= 0.3 is 0 Å². The maximum Gasteiger partial charge on any atom is 0.215 e. The zero-order chi connectivity index (χ0) is 13.3. The van der Waals surface area contributed by atoms with Crippen LogP contribution in [0, 0.1) is 5.41 Å². The maximum atomic E-state index is 13.8. The van der Waals surface area contributed by atoms with Crippen LogP contribution in [0.25, 0.3) is 0 Å². The van der Waals surface area contributed by atoms with Crippen LogP contribution in [0.3, 0.4) is 0 Å². The fourth-order valence-corrected chi connectivity index (χ4v) is 1.74. The molecule has 0 spiro atoms. The Hall–Kier alpha value is -1.58. The van der Waals surface area contributed by atoms with Gasteiger partial charge in [0.2, 0.25) is 5.82 Å². The zero-order valence-corrected chi connectivity index (χ0v) is 9.65. The van der Waals surface area contributed by atoms with Crippen LogP contribution in [0.4, 0.5) is 4.39 Å². The SMILES string of the molecule is COCC1OC(n2cnc(C(=N)N)n2)C(F)C1O. The molecular formula is C9H14FN5O3. The van der Waals surface area contributed by atoms with Crippen molar-refractivity contribution in [1.82, 2.24) is 14.8 Å². The highest BCUT2D eigenvalue weighted by Crippen LogP contribution is 2.31. The molecule has 0 aliphatic carbocycles. The van der Waals surface area contributed by atoms with Gasteiger partial charge in [0.15, 0.2) is 18.2 Å². The minimum absolute atomic E-state index is 0.0181. The number of nitrogen functional groups attached to an aromatic ring is 1. The molecule has 4 N–H and O–H groups in total. The number of methoxy groups -OCH3 is 1. The molecule has 8 nitrogen and oxygen atoms in total. The van der Waals surface area contributed by atoms with Gasteiger partial charge in [-0.2, -0.15) is 0 Å². The zero-order valence-electron chi connectivity index (χ0n) is 9.65. The van der Waals surface area contributed by atoms with Crippen molar-refractivity contribution in [3.63, 3.8) is 0 Å². The topological polar surface area (TPSA) is 119 Å². The van der Waals surface area contributed by atoms with Gasteiger partial charge in [-0.05, 0) is 0 Å².